The summed E-state index contributed by atoms with van der Waals surface area (Å²) in [6.45, 7) is 7.54. The maximum atomic E-state index is 13.9. The second kappa shape index (κ2) is 13.3. The fourth-order valence-electron chi connectivity index (χ4n) is 8.75. The van der Waals surface area contributed by atoms with Crippen LogP contribution in [-0.4, -0.2) is 71.6 Å². The third-order valence-electron chi connectivity index (χ3n) is 12.1. The van der Waals surface area contributed by atoms with Crippen LogP contribution in [0.25, 0.3) is 0 Å². The van der Waals surface area contributed by atoms with Gasteiger partial charge in [-0.25, -0.2) is 14.0 Å². The number of carbonyl (C=O) groups is 2. The van der Waals surface area contributed by atoms with Gasteiger partial charge in [-0.15, -0.1) is 0 Å². The monoisotopic (exact) mass is 721 g/mol. The molecular formula is C39H48ClN3O6S. The van der Waals surface area contributed by atoms with Crippen LogP contribution in [0, 0.1) is 17.8 Å². The molecule has 0 radical (unpaired) electrons. The van der Waals surface area contributed by atoms with Gasteiger partial charge in [-0.2, -0.15) is 0 Å². The summed E-state index contributed by atoms with van der Waals surface area (Å²) in [5.41, 5.74) is 2.72. The highest BCUT2D eigenvalue weighted by molar-refractivity contribution is 7.99. The average Bonchev–Trinajstić information content (AvgIpc) is 3.29. The molecule has 9 nitrogen and oxygen atoms in total. The summed E-state index contributed by atoms with van der Waals surface area (Å²) in [7, 11) is -1.28. The molecule has 0 aromatic heterocycles. The number of allylic oxidation sites excluding steroid dienone is 1. The van der Waals surface area contributed by atoms with Gasteiger partial charge in [-0.3, -0.25) is 9.52 Å². The summed E-state index contributed by atoms with van der Waals surface area (Å²) in [6.07, 6.45) is 10.0. The molecule has 1 N–H and O–H groups in total. The lowest BCUT2D eigenvalue weighted by Gasteiger charge is -2.50. The molecule has 2 aromatic rings. The van der Waals surface area contributed by atoms with Gasteiger partial charge < -0.3 is 19.1 Å². The topological polar surface area (TPSA) is 107 Å². The molecule has 1 unspecified atom stereocenters. The number of fused-ring (bicyclic) bond motifs is 4. The van der Waals surface area contributed by atoms with Crippen molar-refractivity contribution in [3.63, 3.8) is 0 Å². The fraction of sp³-hybridized carbons (Fsp3) is 0.538. The number of aliphatic imine (C=N–C) groups is 1. The van der Waals surface area contributed by atoms with Crippen molar-refractivity contribution in [1.82, 2.24) is 4.72 Å². The Morgan fingerprint density at radius 3 is 2.70 bits per heavy atom. The molecule has 1 saturated carbocycles. The molecule has 2 bridgehead atoms. The van der Waals surface area contributed by atoms with Crippen LogP contribution in [0.15, 0.2) is 53.5 Å². The van der Waals surface area contributed by atoms with Crippen LogP contribution in [0.1, 0.15) is 80.8 Å². The summed E-state index contributed by atoms with van der Waals surface area (Å²) >= 11 is 6.47. The van der Waals surface area contributed by atoms with Gasteiger partial charge in [-0.05, 0) is 117 Å². The molecule has 5 aliphatic rings. The van der Waals surface area contributed by atoms with Crippen LogP contribution in [0.5, 0.6) is 5.75 Å². The van der Waals surface area contributed by atoms with Crippen molar-refractivity contribution < 1.29 is 28.0 Å². The number of esters is 1. The van der Waals surface area contributed by atoms with Gasteiger partial charge in [0, 0.05) is 41.5 Å². The van der Waals surface area contributed by atoms with Crippen molar-refractivity contribution in [2.24, 2.45) is 22.7 Å². The highest BCUT2D eigenvalue weighted by Crippen LogP contribution is 2.50. The van der Waals surface area contributed by atoms with Crippen molar-refractivity contribution in [3.8, 4) is 5.75 Å². The van der Waals surface area contributed by atoms with E-state index >= 15 is 0 Å². The number of aryl methyl sites for hydroxylation is 1. The Kier molecular flexibility index (Phi) is 9.35. The minimum atomic E-state index is -3.01. The van der Waals surface area contributed by atoms with Gasteiger partial charge in [-0.1, -0.05) is 36.7 Å². The summed E-state index contributed by atoms with van der Waals surface area (Å²) in [5, 5.41) is 0.331. The number of halogens is 1. The Morgan fingerprint density at radius 2 is 1.98 bits per heavy atom. The van der Waals surface area contributed by atoms with Crippen LogP contribution in [0.4, 0.5) is 5.69 Å². The van der Waals surface area contributed by atoms with Crippen LogP contribution in [0.2, 0.25) is 5.02 Å². The molecule has 11 heteroatoms. The first-order valence-corrected chi connectivity index (χ1v) is 20.0. The number of nitrogens with one attached hydrogen (secondary N) is 1. The number of nitrogens with zero attached hydrogens (tertiary/aromatic N) is 2. The molecule has 3 aliphatic heterocycles. The second-order valence-corrected chi connectivity index (χ2v) is 18.0. The zero-order valence-electron chi connectivity index (χ0n) is 29.4. The number of ether oxygens (including phenoxy) is 3. The minimum absolute atomic E-state index is 0.0572. The van der Waals surface area contributed by atoms with E-state index in [-0.39, 0.29) is 29.1 Å². The summed E-state index contributed by atoms with van der Waals surface area (Å²) in [6, 6.07) is 11.2. The largest absolute Gasteiger partial charge is 0.490 e. The number of carbonyl (C=O) groups excluding carboxylic acids is 2. The van der Waals surface area contributed by atoms with E-state index in [0.717, 1.165) is 42.8 Å². The Labute approximate surface area is 300 Å². The fourth-order valence-corrected chi connectivity index (χ4v) is 10.4. The summed E-state index contributed by atoms with van der Waals surface area (Å²) in [5.74, 6) is 4.64. The van der Waals surface area contributed by atoms with Crippen molar-refractivity contribution in [3.05, 3.63) is 70.3 Å². The van der Waals surface area contributed by atoms with Crippen LogP contribution in [-0.2, 0) is 35.8 Å². The first-order chi connectivity index (χ1) is 23.8. The smallest absolute Gasteiger partial charge is 0.337 e. The summed E-state index contributed by atoms with van der Waals surface area (Å²) < 4.78 is 35.5. The maximum Gasteiger partial charge on any atom is 0.337 e. The number of methoxy groups -OCH3 is 1. The van der Waals surface area contributed by atoms with Crippen molar-refractivity contribution in [2.45, 2.75) is 88.0 Å². The minimum Gasteiger partial charge on any atom is -0.490 e. The van der Waals surface area contributed by atoms with Gasteiger partial charge in [0.05, 0.1) is 34.0 Å². The van der Waals surface area contributed by atoms with E-state index in [2.05, 4.69) is 44.8 Å². The van der Waals surface area contributed by atoms with E-state index in [1.807, 2.05) is 32.0 Å². The standard InChI is InChI=1S/C39H48ClN3O6S/c1-24-8-6-17-39(47-4,20-35-41-25(2)37(45)49-35)32-13-10-29(32)21-43-22-38(16-7-9-27-18-30(40)12-14-31(27)38)23-48-34-15-11-28(19-33(34)43)36(44)42-50(5,46)26(24)3/h6,11-12,14-15,17-19,24-26,29,32H,5,7-10,13,16,20-23H2,1-4H3,(H,42,44,46)/b17-6+/t24-,25-,26+,29-,32+,38-,39+,50?/m0/s1. The molecule has 8 atom stereocenters. The van der Waals surface area contributed by atoms with E-state index in [0.29, 0.717) is 49.7 Å². The van der Waals surface area contributed by atoms with Crippen LogP contribution >= 0.6 is 11.6 Å². The van der Waals surface area contributed by atoms with Crippen molar-refractivity contribution in [1.29, 1.82) is 0 Å². The molecule has 1 amide bonds. The van der Waals surface area contributed by atoms with E-state index in [9.17, 15) is 13.8 Å². The molecular weight excluding hydrogens is 674 g/mol. The Hall–Kier alpha value is -3.34. The average molecular weight is 722 g/mol. The van der Waals surface area contributed by atoms with E-state index in [1.165, 1.54) is 11.1 Å². The third kappa shape index (κ3) is 6.36. The normalized spacial score (nSPS) is 36.1. The number of rotatable bonds is 3. The lowest BCUT2D eigenvalue weighted by Crippen LogP contribution is -2.53. The third-order valence-corrected chi connectivity index (χ3v) is 14.5. The lowest BCUT2D eigenvalue weighted by atomic mass is 9.63. The Morgan fingerprint density at radius 1 is 1.16 bits per heavy atom. The zero-order valence-corrected chi connectivity index (χ0v) is 31.0. The van der Waals surface area contributed by atoms with Crippen molar-refractivity contribution >= 4 is 50.6 Å². The zero-order chi connectivity index (χ0) is 35.4. The van der Waals surface area contributed by atoms with E-state index < -0.39 is 32.5 Å². The lowest BCUT2D eigenvalue weighted by molar-refractivity contribution is -0.135. The number of hydrogen-bond donors (Lipinski definition) is 1. The summed E-state index contributed by atoms with van der Waals surface area (Å²) in [4.78, 5) is 33.1. The SMILES string of the molecule is C=S1(=O)NC(=O)c2ccc3c(c2)N(C[C@@H]2CC[C@H]2[C@@](CC2=N[C@@H](C)C(=O)O2)(OC)/C=C/C[C@H](C)[C@H]1C)C[C@@]1(CCCc2cc(Cl)ccc21)CO3. The first-order valence-electron chi connectivity index (χ1n) is 17.8. The molecule has 268 valence electrons. The molecule has 2 aliphatic carbocycles. The van der Waals surface area contributed by atoms with Crippen LogP contribution in [0.3, 0.4) is 0 Å². The Bertz CT molecular complexity index is 1860. The van der Waals surface area contributed by atoms with E-state index in [4.69, 9.17) is 25.8 Å². The van der Waals surface area contributed by atoms with Gasteiger partial charge in [0.25, 0.3) is 5.91 Å². The number of hydrogen-bond acceptors (Lipinski definition) is 8. The number of anilines is 1. The second-order valence-electron chi connectivity index (χ2n) is 15.2. The molecule has 0 saturated heterocycles. The molecule has 50 heavy (non-hydrogen) atoms. The van der Waals surface area contributed by atoms with Gasteiger partial charge in [0.15, 0.2) is 5.90 Å². The number of benzene rings is 2. The first kappa shape index (κ1) is 35.1. The predicted octanol–water partition coefficient (Wildman–Crippen LogP) is 6.30. The van der Waals surface area contributed by atoms with Gasteiger partial charge in [0.2, 0.25) is 0 Å². The molecule has 1 spiro atoms. The highest BCUT2D eigenvalue weighted by Gasteiger charge is 2.50. The molecule has 7 rings (SSSR count). The maximum absolute atomic E-state index is 13.9. The highest BCUT2D eigenvalue weighted by atomic mass is 35.5. The number of amides is 1. The quantitative estimate of drug-likeness (QED) is 0.225. The van der Waals surface area contributed by atoms with Crippen LogP contribution < -0.4 is 14.4 Å². The van der Waals surface area contributed by atoms with Gasteiger partial charge in [0.1, 0.15) is 11.8 Å². The van der Waals surface area contributed by atoms with Gasteiger partial charge >= 0.3 is 5.97 Å². The van der Waals surface area contributed by atoms with Crippen molar-refractivity contribution in [2.75, 3.05) is 31.7 Å². The number of cyclic esters (lactones) is 1. The predicted molar refractivity (Wildman–Crippen MR) is 199 cm³/mol. The Balaban J connectivity index is 1.33. The molecule has 3 heterocycles. The molecule has 1 fully saturated rings. The van der Waals surface area contributed by atoms with E-state index in [1.54, 1.807) is 20.1 Å². The molecule has 2 aromatic carbocycles.